The second kappa shape index (κ2) is 10.5. The van der Waals surface area contributed by atoms with Crippen LogP contribution < -0.4 is 20.7 Å². The molecule has 4 aromatic rings. The van der Waals surface area contributed by atoms with E-state index in [0.29, 0.717) is 16.7 Å². The number of alkyl halides is 3. The van der Waals surface area contributed by atoms with Crippen molar-refractivity contribution in [2.45, 2.75) is 32.7 Å². The largest absolute Gasteiger partial charge is 0.573 e. The summed E-state index contributed by atoms with van der Waals surface area (Å²) in [5.41, 5.74) is 0.441. The number of aliphatic hydroxyl groups excluding tert-OH is 1. The number of hydrogen-bond donors (Lipinski definition) is 2. The number of ether oxygens (including phenoxy) is 2. The Kier molecular flexibility index (Phi) is 7.35. The molecule has 0 atom stereocenters. The summed E-state index contributed by atoms with van der Waals surface area (Å²) in [5.74, 6) is -0.723. The molecule has 194 valence electrons. The Morgan fingerprint density at radius 2 is 1.73 bits per heavy atom. The van der Waals surface area contributed by atoms with E-state index in [1.807, 2.05) is 0 Å². The van der Waals surface area contributed by atoms with Gasteiger partial charge in [0.1, 0.15) is 23.1 Å². The van der Waals surface area contributed by atoms with Gasteiger partial charge in [-0.2, -0.15) is 0 Å². The molecule has 2 N–H and O–H groups in total. The molecule has 0 amide bonds. The molecule has 11 heteroatoms. The third-order valence-electron chi connectivity index (χ3n) is 5.60. The standard InChI is InChI=1S/C26H22F4N2O5/c1-15-12-21-22(24(34)32(10-3-11-33)25(35)31-21)20(13-16-6-8-17(27)9-7-16)23(15)36-18-4-2-5-19(14-18)37-26(28,29)30/h2,4-9,12,14,33H,3,10-11,13H2,1H3,(H,31,35). The summed E-state index contributed by atoms with van der Waals surface area (Å²) in [5, 5.41) is 9.30. The van der Waals surface area contributed by atoms with Crippen molar-refractivity contribution < 1.29 is 32.1 Å². The third-order valence-corrected chi connectivity index (χ3v) is 5.60. The minimum absolute atomic E-state index is 0.0228. The topological polar surface area (TPSA) is 93.6 Å². The van der Waals surface area contributed by atoms with E-state index in [0.717, 1.165) is 16.7 Å². The molecule has 4 rings (SSSR count). The first-order valence-corrected chi connectivity index (χ1v) is 11.2. The average molecular weight is 518 g/mol. The summed E-state index contributed by atoms with van der Waals surface area (Å²) >= 11 is 0. The second-order valence-electron chi connectivity index (χ2n) is 8.32. The first-order chi connectivity index (χ1) is 17.6. The highest BCUT2D eigenvalue weighted by molar-refractivity contribution is 5.85. The van der Waals surface area contributed by atoms with E-state index in [1.165, 1.54) is 42.5 Å². The molecule has 7 nitrogen and oxygen atoms in total. The first-order valence-electron chi connectivity index (χ1n) is 11.2. The quantitative estimate of drug-likeness (QED) is 0.327. The summed E-state index contributed by atoms with van der Waals surface area (Å²) in [4.78, 5) is 28.7. The zero-order valence-corrected chi connectivity index (χ0v) is 19.6. The highest BCUT2D eigenvalue weighted by Gasteiger charge is 2.31. The number of aromatic amines is 1. The van der Waals surface area contributed by atoms with Crippen molar-refractivity contribution in [1.29, 1.82) is 0 Å². The molecule has 3 aromatic carbocycles. The average Bonchev–Trinajstić information content (AvgIpc) is 2.81. The summed E-state index contributed by atoms with van der Waals surface area (Å²) < 4.78 is 62.6. The number of H-pyrrole nitrogens is 1. The van der Waals surface area contributed by atoms with Crippen molar-refractivity contribution in [2.24, 2.45) is 0 Å². The van der Waals surface area contributed by atoms with Crippen LogP contribution in [0.25, 0.3) is 10.9 Å². The van der Waals surface area contributed by atoms with Crippen molar-refractivity contribution in [3.63, 3.8) is 0 Å². The van der Waals surface area contributed by atoms with Gasteiger partial charge in [-0.05, 0) is 54.8 Å². The van der Waals surface area contributed by atoms with Gasteiger partial charge in [-0.1, -0.05) is 18.2 Å². The minimum Gasteiger partial charge on any atom is -0.457 e. The molecule has 37 heavy (non-hydrogen) atoms. The fourth-order valence-corrected chi connectivity index (χ4v) is 4.02. The Morgan fingerprint density at radius 3 is 2.41 bits per heavy atom. The zero-order valence-electron chi connectivity index (χ0n) is 19.6. The molecule has 1 aromatic heterocycles. The highest BCUT2D eigenvalue weighted by Crippen LogP contribution is 2.36. The molecule has 0 saturated heterocycles. The lowest BCUT2D eigenvalue weighted by molar-refractivity contribution is -0.274. The lowest BCUT2D eigenvalue weighted by Crippen LogP contribution is -2.36. The van der Waals surface area contributed by atoms with E-state index in [4.69, 9.17) is 4.74 Å². The molecule has 0 bridgehead atoms. The third kappa shape index (κ3) is 6.00. The summed E-state index contributed by atoms with van der Waals surface area (Å²) in [6.07, 6.45) is -4.63. The van der Waals surface area contributed by atoms with Crippen LogP contribution in [0.5, 0.6) is 17.2 Å². The number of rotatable bonds is 8. The summed E-state index contributed by atoms with van der Waals surface area (Å²) in [6, 6.07) is 12.0. The lowest BCUT2D eigenvalue weighted by Gasteiger charge is -2.18. The summed E-state index contributed by atoms with van der Waals surface area (Å²) in [6.45, 7) is 1.40. The van der Waals surface area contributed by atoms with Crippen LogP contribution in [0.15, 0.2) is 64.2 Å². The number of aromatic nitrogens is 2. The maximum Gasteiger partial charge on any atom is 0.573 e. The SMILES string of the molecule is Cc1cc2[nH]c(=O)n(CCCO)c(=O)c2c(Cc2ccc(F)cc2)c1Oc1cccc(OC(F)(F)F)c1. The van der Waals surface area contributed by atoms with Crippen LogP contribution in [-0.4, -0.2) is 27.6 Å². The molecule has 0 fully saturated rings. The molecular formula is C26H22F4N2O5. The highest BCUT2D eigenvalue weighted by atomic mass is 19.4. The van der Waals surface area contributed by atoms with Gasteiger partial charge in [0.05, 0.1) is 10.9 Å². The van der Waals surface area contributed by atoms with Crippen LogP contribution in [0.1, 0.15) is 23.1 Å². The van der Waals surface area contributed by atoms with Gasteiger partial charge in [0.15, 0.2) is 0 Å². The van der Waals surface area contributed by atoms with Crippen molar-refractivity contribution in [2.75, 3.05) is 6.61 Å². The van der Waals surface area contributed by atoms with Gasteiger partial charge in [0.2, 0.25) is 0 Å². The molecule has 0 radical (unpaired) electrons. The first kappa shape index (κ1) is 26.0. The maximum atomic E-state index is 13.5. The van der Waals surface area contributed by atoms with Crippen LogP contribution in [0.2, 0.25) is 0 Å². The molecule has 0 unspecified atom stereocenters. The van der Waals surface area contributed by atoms with Gasteiger partial charge < -0.3 is 19.6 Å². The van der Waals surface area contributed by atoms with Crippen molar-refractivity contribution in [3.05, 3.63) is 97.9 Å². The fraction of sp³-hybridized carbons (Fsp3) is 0.231. The van der Waals surface area contributed by atoms with Crippen LogP contribution in [0, 0.1) is 12.7 Å². The van der Waals surface area contributed by atoms with Gasteiger partial charge in [0, 0.05) is 31.2 Å². The smallest absolute Gasteiger partial charge is 0.457 e. The number of nitrogens with one attached hydrogen (secondary N) is 1. The predicted molar refractivity (Wildman–Crippen MR) is 128 cm³/mol. The molecule has 1 heterocycles. The van der Waals surface area contributed by atoms with Crippen LogP contribution >= 0.6 is 0 Å². The number of hydrogen-bond acceptors (Lipinski definition) is 5. The van der Waals surface area contributed by atoms with Crippen molar-refractivity contribution >= 4 is 10.9 Å². The van der Waals surface area contributed by atoms with Gasteiger partial charge >= 0.3 is 12.1 Å². The predicted octanol–water partition coefficient (Wildman–Crippen LogP) is 4.80. The number of aliphatic hydroxyl groups is 1. The van der Waals surface area contributed by atoms with E-state index in [1.54, 1.807) is 6.92 Å². The van der Waals surface area contributed by atoms with E-state index in [-0.39, 0.29) is 48.4 Å². The Hall–Kier alpha value is -4.12. The van der Waals surface area contributed by atoms with Gasteiger partial charge in [-0.3, -0.25) is 9.36 Å². The number of aryl methyl sites for hydroxylation is 1. The molecule has 0 saturated carbocycles. The second-order valence-corrected chi connectivity index (χ2v) is 8.32. The van der Waals surface area contributed by atoms with Crippen LogP contribution in [0.4, 0.5) is 17.6 Å². The zero-order chi connectivity index (χ0) is 26.7. The van der Waals surface area contributed by atoms with E-state index in [2.05, 4.69) is 9.72 Å². The molecule has 0 spiro atoms. The number of nitrogens with zero attached hydrogens (tertiary/aromatic N) is 1. The number of halogens is 4. The molecular weight excluding hydrogens is 496 g/mol. The van der Waals surface area contributed by atoms with E-state index in [9.17, 15) is 32.3 Å². The number of fused-ring (bicyclic) bond motifs is 1. The van der Waals surface area contributed by atoms with E-state index < -0.39 is 29.2 Å². The molecule has 0 aliphatic carbocycles. The normalized spacial score (nSPS) is 11.6. The van der Waals surface area contributed by atoms with Crippen molar-refractivity contribution in [1.82, 2.24) is 9.55 Å². The minimum atomic E-state index is -4.89. The van der Waals surface area contributed by atoms with Crippen molar-refractivity contribution in [3.8, 4) is 17.2 Å². The number of benzene rings is 3. The maximum absolute atomic E-state index is 13.5. The van der Waals surface area contributed by atoms with Gasteiger partial charge in [-0.25, -0.2) is 9.18 Å². The molecule has 0 aliphatic rings. The monoisotopic (exact) mass is 518 g/mol. The fourth-order valence-electron chi connectivity index (χ4n) is 4.02. The lowest BCUT2D eigenvalue weighted by atomic mass is 9.97. The Labute approximate surface area is 207 Å². The van der Waals surface area contributed by atoms with E-state index >= 15 is 0 Å². The van der Waals surface area contributed by atoms with Gasteiger partial charge in [-0.15, -0.1) is 13.2 Å². The molecule has 0 aliphatic heterocycles. The Balaban J connectivity index is 1.91. The Bertz CT molecular complexity index is 1540. The van der Waals surface area contributed by atoms with Gasteiger partial charge in [0.25, 0.3) is 5.56 Å². The van der Waals surface area contributed by atoms with Crippen LogP contribution in [-0.2, 0) is 13.0 Å². The Morgan fingerprint density at radius 1 is 1.03 bits per heavy atom. The summed E-state index contributed by atoms with van der Waals surface area (Å²) in [7, 11) is 0. The van der Waals surface area contributed by atoms with Crippen LogP contribution in [0.3, 0.4) is 0 Å².